The van der Waals surface area contributed by atoms with E-state index < -0.39 is 0 Å². The first-order valence-corrected chi connectivity index (χ1v) is 8.84. The molecule has 1 N–H and O–H groups in total. The quantitative estimate of drug-likeness (QED) is 0.755. The minimum atomic E-state index is -0.323. The molecule has 0 spiro atoms. The Labute approximate surface area is 156 Å². The van der Waals surface area contributed by atoms with Gasteiger partial charge in [0.1, 0.15) is 17.5 Å². The van der Waals surface area contributed by atoms with Gasteiger partial charge in [-0.05, 0) is 23.3 Å². The highest BCUT2D eigenvalue weighted by Gasteiger charge is 2.23. The van der Waals surface area contributed by atoms with Crippen molar-refractivity contribution in [3.63, 3.8) is 0 Å². The zero-order valence-electron chi connectivity index (χ0n) is 14.7. The van der Waals surface area contributed by atoms with Gasteiger partial charge in [-0.3, -0.25) is 9.59 Å². The Balaban J connectivity index is 1.40. The average molecular weight is 361 g/mol. The zero-order chi connectivity index (χ0) is 18.6. The summed E-state index contributed by atoms with van der Waals surface area (Å²) in [5.41, 5.74) is 2.05. The number of carbonyl (C=O) groups excluding carboxylic acids is 1. The average Bonchev–Trinajstić information content (AvgIpc) is 3.11. The lowest BCUT2D eigenvalue weighted by atomic mass is 10.1. The molecule has 1 aliphatic heterocycles. The summed E-state index contributed by atoms with van der Waals surface area (Å²) in [5, 5.41) is 7.05. The van der Waals surface area contributed by atoms with Crippen LogP contribution in [0.15, 0.2) is 71.5 Å². The predicted octanol–water partition coefficient (Wildman–Crippen LogP) is 2.03. The summed E-state index contributed by atoms with van der Waals surface area (Å²) in [6, 6.07) is 20.2. The normalized spacial score (nSPS) is 15.0. The number of hydrogen-bond acceptors (Lipinski definition) is 4. The van der Waals surface area contributed by atoms with Crippen molar-refractivity contribution in [3.8, 4) is 5.75 Å². The summed E-state index contributed by atoms with van der Waals surface area (Å²) in [5.74, 6) is 0.544. The van der Waals surface area contributed by atoms with Gasteiger partial charge in [0.2, 0.25) is 0 Å². The van der Waals surface area contributed by atoms with Gasteiger partial charge >= 0.3 is 0 Å². The molecular formula is C21H19N3O3. The molecule has 6 heteroatoms. The summed E-state index contributed by atoms with van der Waals surface area (Å²) in [7, 11) is 0. The van der Waals surface area contributed by atoms with Crippen molar-refractivity contribution >= 4 is 5.91 Å². The molecule has 1 atom stereocenters. The van der Waals surface area contributed by atoms with Crippen molar-refractivity contribution in [2.45, 2.75) is 19.1 Å². The van der Waals surface area contributed by atoms with Crippen LogP contribution in [0.2, 0.25) is 0 Å². The molecule has 2 heterocycles. The standard InChI is InChI=1S/C21H19N3O3/c25-20-11-10-18(23-24(20)14-15-6-2-1-3-7-15)21(26)22-13-17-12-16-8-4-5-9-19(16)27-17/h1-11,17H,12-14H2,(H,22,26). The number of carbonyl (C=O) groups is 1. The first-order valence-electron chi connectivity index (χ1n) is 8.84. The highest BCUT2D eigenvalue weighted by atomic mass is 16.5. The molecule has 1 aliphatic rings. The van der Waals surface area contributed by atoms with Gasteiger partial charge in [0, 0.05) is 12.5 Å². The summed E-state index contributed by atoms with van der Waals surface area (Å²) in [4.78, 5) is 24.5. The zero-order valence-corrected chi connectivity index (χ0v) is 14.7. The Bertz CT molecular complexity index is 989. The Kier molecular flexibility index (Phi) is 4.70. The maximum Gasteiger partial charge on any atom is 0.271 e. The van der Waals surface area contributed by atoms with Gasteiger partial charge in [-0.1, -0.05) is 48.5 Å². The van der Waals surface area contributed by atoms with Gasteiger partial charge in [-0.15, -0.1) is 0 Å². The first kappa shape index (κ1) is 17.0. The van der Waals surface area contributed by atoms with E-state index in [-0.39, 0.29) is 23.3 Å². The Hall–Kier alpha value is -3.41. The van der Waals surface area contributed by atoms with E-state index in [9.17, 15) is 9.59 Å². The van der Waals surface area contributed by atoms with Gasteiger partial charge in [0.15, 0.2) is 0 Å². The van der Waals surface area contributed by atoms with Crippen LogP contribution in [0, 0.1) is 0 Å². The fraction of sp³-hybridized carbons (Fsp3) is 0.190. The largest absolute Gasteiger partial charge is 0.488 e. The molecule has 0 bridgehead atoms. The van der Waals surface area contributed by atoms with E-state index in [1.807, 2.05) is 54.6 Å². The lowest BCUT2D eigenvalue weighted by Gasteiger charge is -2.12. The van der Waals surface area contributed by atoms with Crippen molar-refractivity contribution in [2.75, 3.05) is 6.54 Å². The summed E-state index contributed by atoms with van der Waals surface area (Å²) in [6.45, 7) is 0.703. The maximum absolute atomic E-state index is 12.4. The number of ether oxygens (including phenoxy) is 1. The van der Waals surface area contributed by atoms with Crippen molar-refractivity contribution in [3.05, 3.63) is 93.9 Å². The fourth-order valence-electron chi connectivity index (χ4n) is 3.10. The second-order valence-electron chi connectivity index (χ2n) is 6.46. The van der Waals surface area contributed by atoms with E-state index in [1.54, 1.807) is 0 Å². The van der Waals surface area contributed by atoms with Crippen LogP contribution in [0.4, 0.5) is 0 Å². The minimum absolute atomic E-state index is 0.0958. The van der Waals surface area contributed by atoms with E-state index in [4.69, 9.17) is 4.74 Å². The molecule has 27 heavy (non-hydrogen) atoms. The molecule has 2 aromatic carbocycles. The highest BCUT2D eigenvalue weighted by molar-refractivity contribution is 5.92. The molecule has 0 saturated carbocycles. The number of para-hydroxylation sites is 1. The van der Waals surface area contributed by atoms with Crippen LogP contribution >= 0.6 is 0 Å². The van der Waals surface area contributed by atoms with Crippen molar-refractivity contribution in [2.24, 2.45) is 0 Å². The number of fused-ring (bicyclic) bond motifs is 1. The monoisotopic (exact) mass is 361 g/mol. The number of nitrogens with zero attached hydrogens (tertiary/aromatic N) is 2. The smallest absolute Gasteiger partial charge is 0.271 e. The lowest BCUT2D eigenvalue weighted by Crippen LogP contribution is -2.36. The van der Waals surface area contributed by atoms with Crippen LogP contribution in [0.25, 0.3) is 0 Å². The molecule has 4 rings (SSSR count). The molecule has 136 valence electrons. The second kappa shape index (κ2) is 7.45. The van der Waals surface area contributed by atoms with E-state index >= 15 is 0 Å². The van der Waals surface area contributed by atoms with E-state index in [1.165, 1.54) is 16.8 Å². The van der Waals surface area contributed by atoms with Gasteiger partial charge in [-0.2, -0.15) is 5.10 Å². The van der Waals surface area contributed by atoms with E-state index in [2.05, 4.69) is 10.4 Å². The third kappa shape index (κ3) is 3.89. The second-order valence-corrected chi connectivity index (χ2v) is 6.46. The van der Waals surface area contributed by atoms with Crippen molar-refractivity contribution in [1.29, 1.82) is 0 Å². The number of rotatable bonds is 5. The Morgan fingerprint density at radius 3 is 2.67 bits per heavy atom. The molecule has 0 aliphatic carbocycles. The number of hydrogen-bond donors (Lipinski definition) is 1. The van der Waals surface area contributed by atoms with Crippen LogP contribution in [-0.4, -0.2) is 28.3 Å². The van der Waals surface area contributed by atoms with Crippen LogP contribution in [-0.2, 0) is 13.0 Å². The predicted molar refractivity (Wildman–Crippen MR) is 101 cm³/mol. The van der Waals surface area contributed by atoms with Gasteiger partial charge in [0.05, 0.1) is 13.1 Å². The molecule has 1 unspecified atom stereocenters. The molecule has 3 aromatic rings. The third-order valence-corrected chi connectivity index (χ3v) is 4.48. The topological polar surface area (TPSA) is 73.2 Å². The molecule has 6 nitrogen and oxygen atoms in total. The van der Waals surface area contributed by atoms with Crippen LogP contribution in [0.1, 0.15) is 21.6 Å². The van der Waals surface area contributed by atoms with Gasteiger partial charge < -0.3 is 10.1 Å². The molecule has 0 fully saturated rings. The van der Waals surface area contributed by atoms with E-state index in [0.717, 1.165) is 23.3 Å². The molecule has 1 amide bonds. The maximum atomic E-state index is 12.4. The summed E-state index contributed by atoms with van der Waals surface area (Å²) >= 11 is 0. The van der Waals surface area contributed by atoms with Gasteiger partial charge in [0.25, 0.3) is 11.5 Å². The number of nitrogens with one attached hydrogen (secondary N) is 1. The summed E-state index contributed by atoms with van der Waals surface area (Å²) in [6.07, 6.45) is 0.666. The fourth-order valence-corrected chi connectivity index (χ4v) is 3.10. The molecule has 0 radical (unpaired) electrons. The Morgan fingerprint density at radius 1 is 1.07 bits per heavy atom. The van der Waals surface area contributed by atoms with Crippen molar-refractivity contribution in [1.82, 2.24) is 15.1 Å². The SMILES string of the molecule is O=C(NCC1Cc2ccccc2O1)c1ccc(=O)n(Cc2ccccc2)n1. The number of amides is 1. The molecule has 0 saturated heterocycles. The van der Waals surface area contributed by atoms with E-state index in [0.29, 0.717) is 13.1 Å². The van der Waals surface area contributed by atoms with Gasteiger partial charge in [-0.25, -0.2) is 4.68 Å². The first-order chi connectivity index (χ1) is 13.2. The highest BCUT2D eigenvalue weighted by Crippen LogP contribution is 2.27. The van der Waals surface area contributed by atoms with Crippen molar-refractivity contribution < 1.29 is 9.53 Å². The molecular weight excluding hydrogens is 342 g/mol. The van der Waals surface area contributed by atoms with Crippen LogP contribution in [0.3, 0.4) is 0 Å². The Morgan fingerprint density at radius 2 is 1.85 bits per heavy atom. The number of benzene rings is 2. The number of aromatic nitrogens is 2. The minimum Gasteiger partial charge on any atom is -0.488 e. The third-order valence-electron chi connectivity index (χ3n) is 4.48. The lowest BCUT2D eigenvalue weighted by molar-refractivity contribution is 0.0926. The van der Waals surface area contributed by atoms with Crippen LogP contribution < -0.4 is 15.6 Å². The summed E-state index contributed by atoms with van der Waals surface area (Å²) < 4.78 is 7.12. The van der Waals surface area contributed by atoms with Crippen LogP contribution in [0.5, 0.6) is 5.75 Å². The molecule has 1 aromatic heterocycles.